The van der Waals surface area contributed by atoms with Crippen LogP contribution in [0.2, 0.25) is 0 Å². The Morgan fingerprint density at radius 1 is 0.900 bits per heavy atom. The van der Waals surface area contributed by atoms with Crippen LogP contribution in [0.1, 0.15) is 27.0 Å². The van der Waals surface area contributed by atoms with Crippen molar-refractivity contribution >= 4 is 21.6 Å². The zero-order valence-electron chi connectivity index (χ0n) is 17.1. The van der Waals surface area contributed by atoms with Gasteiger partial charge < -0.3 is 4.90 Å². The Morgan fingerprint density at radius 3 is 2.27 bits per heavy atom. The van der Waals surface area contributed by atoms with Crippen molar-refractivity contribution in [1.29, 1.82) is 0 Å². The lowest BCUT2D eigenvalue weighted by molar-refractivity contribution is 0.0735. The maximum atomic E-state index is 13.3. The number of anilines is 1. The molecule has 1 aliphatic rings. The number of hydrogen-bond acceptors (Lipinski definition) is 3. The number of nitrogens with zero attached hydrogens (tertiary/aromatic N) is 2. The van der Waals surface area contributed by atoms with Crippen LogP contribution in [0.3, 0.4) is 0 Å². The van der Waals surface area contributed by atoms with Crippen molar-refractivity contribution in [2.24, 2.45) is 0 Å². The number of rotatable bonds is 4. The Bertz CT molecular complexity index is 1190. The van der Waals surface area contributed by atoms with Gasteiger partial charge in [0.05, 0.1) is 16.1 Å². The maximum Gasteiger partial charge on any atom is 0.264 e. The lowest BCUT2D eigenvalue weighted by atomic mass is 9.99. The highest BCUT2D eigenvalue weighted by atomic mass is 32.2. The molecule has 0 fully saturated rings. The average Bonchev–Trinajstić information content (AvgIpc) is 2.78. The molecule has 0 unspecified atom stereocenters. The monoisotopic (exact) mass is 420 g/mol. The second-order valence-corrected chi connectivity index (χ2v) is 9.52. The number of aryl methyl sites for hydroxylation is 1. The summed E-state index contributed by atoms with van der Waals surface area (Å²) in [7, 11) is -2.29. The molecular weight excluding hydrogens is 396 g/mol. The summed E-state index contributed by atoms with van der Waals surface area (Å²) in [6, 6.07) is 21.7. The zero-order valence-corrected chi connectivity index (χ0v) is 17.9. The minimum Gasteiger partial charge on any atom is -0.334 e. The number of fused-ring (bicyclic) bond motifs is 1. The zero-order chi connectivity index (χ0) is 21.3. The Kier molecular flexibility index (Phi) is 5.35. The second kappa shape index (κ2) is 7.95. The summed E-state index contributed by atoms with van der Waals surface area (Å²) < 4.78 is 27.5. The van der Waals surface area contributed by atoms with Gasteiger partial charge in [-0.05, 0) is 48.7 Å². The normalized spacial score (nSPS) is 13.6. The van der Waals surface area contributed by atoms with Crippen LogP contribution in [0.15, 0.2) is 77.7 Å². The minimum atomic E-state index is -3.78. The van der Waals surface area contributed by atoms with E-state index < -0.39 is 10.0 Å². The number of carbonyl (C=O) groups excluding carboxylic acids is 1. The topological polar surface area (TPSA) is 57.7 Å². The molecule has 3 aromatic rings. The fraction of sp³-hybridized carbons (Fsp3) is 0.208. The summed E-state index contributed by atoms with van der Waals surface area (Å²) in [5, 5.41) is 0. The van der Waals surface area contributed by atoms with Gasteiger partial charge in [-0.15, -0.1) is 0 Å². The molecule has 4 rings (SSSR count). The van der Waals surface area contributed by atoms with Crippen LogP contribution >= 0.6 is 0 Å². The summed E-state index contributed by atoms with van der Waals surface area (Å²) in [4.78, 5) is 15.3. The molecule has 154 valence electrons. The van der Waals surface area contributed by atoms with Gasteiger partial charge in [0.25, 0.3) is 15.9 Å². The number of carbonyl (C=O) groups is 1. The minimum absolute atomic E-state index is 0.161. The van der Waals surface area contributed by atoms with Crippen LogP contribution in [0.5, 0.6) is 0 Å². The van der Waals surface area contributed by atoms with Crippen LogP contribution in [0.4, 0.5) is 5.69 Å². The SMILES string of the molecule is Cc1ccc(S(=O)(=O)N(C)c2ccccc2C(=O)N2CCc3ccccc3C2)cc1. The molecule has 0 bridgehead atoms. The summed E-state index contributed by atoms with van der Waals surface area (Å²) in [5.41, 5.74) is 4.14. The molecule has 1 aliphatic heterocycles. The van der Waals surface area contributed by atoms with Crippen LogP contribution in [0.25, 0.3) is 0 Å². The third kappa shape index (κ3) is 3.71. The molecule has 0 saturated heterocycles. The third-order valence-electron chi connectivity index (χ3n) is 5.57. The largest absolute Gasteiger partial charge is 0.334 e. The van der Waals surface area contributed by atoms with Gasteiger partial charge in [0.2, 0.25) is 0 Å². The van der Waals surface area contributed by atoms with E-state index in [0.29, 0.717) is 24.3 Å². The van der Waals surface area contributed by atoms with E-state index in [1.165, 1.54) is 16.9 Å². The molecule has 0 radical (unpaired) electrons. The quantitative estimate of drug-likeness (QED) is 0.641. The number of amides is 1. The van der Waals surface area contributed by atoms with Crippen molar-refractivity contribution in [3.05, 3.63) is 95.1 Å². The van der Waals surface area contributed by atoms with Crippen molar-refractivity contribution in [1.82, 2.24) is 4.90 Å². The first-order valence-corrected chi connectivity index (χ1v) is 11.3. The van der Waals surface area contributed by atoms with E-state index in [0.717, 1.165) is 17.5 Å². The molecule has 0 aromatic heterocycles. The standard InChI is InChI=1S/C24H24N2O3S/c1-18-11-13-21(14-12-18)30(28,29)25(2)23-10-6-5-9-22(23)24(27)26-16-15-19-7-3-4-8-20(19)17-26/h3-14H,15-17H2,1-2H3. The second-order valence-electron chi connectivity index (χ2n) is 7.55. The van der Waals surface area contributed by atoms with Crippen molar-refractivity contribution in [2.75, 3.05) is 17.9 Å². The van der Waals surface area contributed by atoms with Gasteiger partial charge in [-0.1, -0.05) is 54.1 Å². The Morgan fingerprint density at radius 2 is 1.53 bits per heavy atom. The molecular formula is C24H24N2O3S. The van der Waals surface area contributed by atoms with E-state index in [4.69, 9.17) is 0 Å². The van der Waals surface area contributed by atoms with E-state index in [-0.39, 0.29) is 10.8 Å². The highest BCUT2D eigenvalue weighted by Crippen LogP contribution is 2.28. The van der Waals surface area contributed by atoms with Crippen molar-refractivity contribution in [3.8, 4) is 0 Å². The first kappa shape index (κ1) is 20.2. The first-order chi connectivity index (χ1) is 14.4. The molecule has 30 heavy (non-hydrogen) atoms. The van der Waals surface area contributed by atoms with Gasteiger partial charge in [-0.3, -0.25) is 9.10 Å². The number of para-hydroxylation sites is 1. The molecule has 0 atom stereocenters. The molecule has 1 amide bonds. The van der Waals surface area contributed by atoms with Crippen molar-refractivity contribution in [2.45, 2.75) is 24.8 Å². The third-order valence-corrected chi connectivity index (χ3v) is 7.36. The van der Waals surface area contributed by atoms with Crippen LogP contribution in [-0.4, -0.2) is 32.8 Å². The molecule has 0 N–H and O–H groups in total. The van der Waals surface area contributed by atoms with Crippen LogP contribution < -0.4 is 4.31 Å². The first-order valence-electron chi connectivity index (χ1n) is 9.88. The lowest BCUT2D eigenvalue weighted by Gasteiger charge is -2.30. The highest BCUT2D eigenvalue weighted by molar-refractivity contribution is 7.92. The van der Waals surface area contributed by atoms with E-state index in [1.807, 2.05) is 25.1 Å². The average molecular weight is 421 g/mol. The van der Waals surface area contributed by atoms with Crippen LogP contribution in [0, 0.1) is 6.92 Å². The Labute approximate surface area is 177 Å². The molecule has 6 heteroatoms. The number of benzene rings is 3. The molecule has 0 spiro atoms. The van der Waals surface area contributed by atoms with E-state index >= 15 is 0 Å². The molecule has 0 saturated carbocycles. The number of hydrogen-bond donors (Lipinski definition) is 0. The van der Waals surface area contributed by atoms with Crippen molar-refractivity contribution < 1.29 is 13.2 Å². The number of sulfonamides is 1. The van der Waals surface area contributed by atoms with E-state index in [2.05, 4.69) is 6.07 Å². The summed E-state index contributed by atoms with van der Waals surface area (Å²) in [6.45, 7) is 3.04. The molecule has 5 nitrogen and oxygen atoms in total. The summed E-state index contributed by atoms with van der Waals surface area (Å²) >= 11 is 0. The molecule has 1 heterocycles. The van der Waals surface area contributed by atoms with Gasteiger partial charge in [-0.2, -0.15) is 0 Å². The van der Waals surface area contributed by atoms with Gasteiger partial charge in [0.15, 0.2) is 0 Å². The predicted octanol–water partition coefficient (Wildman–Crippen LogP) is 4.02. The Hall–Kier alpha value is -3.12. The molecule has 0 aliphatic carbocycles. The van der Waals surface area contributed by atoms with Gasteiger partial charge in [-0.25, -0.2) is 8.42 Å². The van der Waals surface area contributed by atoms with E-state index in [1.54, 1.807) is 53.4 Å². The van der Waals surface area contributed by atoms with Gasteiger partial charge in [0.1, 0.15) is 0 Å². The van der Waals surface area contributed by atoms with Gasteiger partial charge >= 0.3 is 0 Å². The fourth-order valence-electron chi connectivity index (χ4n) is 3.77. The Balaban J connectivity index is 1.66. The highest BCUT2D eigenvalue weighted by Gasteiger charge is 2.28. The predicted molar refractivity (Wildman–Crippen MR) is 118 cm³/mol. The molecule has 3 aromatic carbocycles. The smallest absolute Gasteiger partial charge is 0.264 e. The van der Waals surface area contributed by atoms with E-state index in [9.17, 15) is 13.2 Å². The maximum absolute atomic E-state index is 13.3. The lowest BCUT2D eigenvalue weighted by Crippen LogP contribution is -2.37. The fourth-order valence-corrected chi connectivity index (χ4v) is 4.98. The van der Waals surface area contributed by atoms with Crippen molar-refractivity contribution in [3.63, 3.8) is 0 Å². The summed E-state index contributed by atoms with van der Waals surface area (Å²) in [6.07, 6.45) is 0.793. The van der Waals surface area contributed by atoms with Gasteiger partial charge in [0, 0.05) is 20.1 Å². The van der Waals surface area contributed by atoms with Crippen LogP contribution in [-0.2, 0) is 23.0 Å². The summed E-state index contributed by atoms with van der Waals surface area (Å²) in [5.74, 6) is -0.161.